The Hall–Kier alpha value is -2.31. The van der Waals surface area contributed by atoms with E-state index in [-0.39, 0.29) is 17.4 Å². The molecule has 2 heterocycles. The van der Waals surface area contributed by atoms with Crippen LogP contribution >= 0.6 is 0 Å². The van der Waals surface area contributed by atoms with Gasteiger partial charge in [-0.2, -0.15) is 0 Å². The third kappa shape index (κ3) is 5.24. The van der Waals surface area contributed by atoms with Crippen molar-refractivity contribution in [3.63, 3.8) is 0 Å². The standard InChI is InChI=1S/C18H19F3O8S/c1-2-17(10-12-4-6-15(17)27-12)28-14-9-11(3-5-13(14)29-18(19,20)21)16(22)26-7-8-30(23,24)25/h2-3,5,9,12,15H,1,4,6-8,10H2,(H,23,24,25)/p-1. The van der Waals surface area contributed by atoms with Crippen LogP contribution in [0.2, 0.25) is 0 Å². The lowest BCUT2D eigenvalue weighted by Gasteiger charge is -2.33. The van der Waals surface area contributed by atoms with Crippen LogP contribution in [0, 0.1) is 0 Å². The van der Waals surface area contributed by atoms with Gasteiger partial charge >= 0.3 is 12.3 Å². The Morgan fingerprint density at radius 3 is 2.60 bits per heavy atom. The zero-order chi connectivity index (χ0) is 22.2. The number of esters is 1. The third-order valence-electron chi connectivity index (χ3n) is 4.82. The Balaban J connectivity index is 1.85. The predicted molar refractivity (Wildman–Crippen MR) is 94.0 cm³/mol. The van der Waals surface area contributed by atoms with E-state index < -0.39 is 52.3 Å². The minimum absolute atomic E-state index is 0.109. The minimum Gasteiger partial charge on any atom is -0.748 e. The molecule has 1 aromatic carbocycles. The second-order valence-corrected chi connectivity index (χ2v) is 8.42. The van der Waals surface area contributed by atoms with Gasteiger partial charge in [0.2, 0.25) is 0 Å². The SMILES string of the molecule is C=CC1(Oc2cc(C(=O)OCCS(=O)(=O)[O-])ccc2OC(F)(F)F)CC2CCC1O2. The lowest BCUT2D eigenvalue weighted by molar-refractivity contribution is -0.275. The zero-order valence-electron chi connectivity index (χ0n) is 15.5. The van der Waals surface area contributed by atoms with Crippen molar-refractivity contribution in [2.45, 2.75) is 43.4 Å². The number of hydrogen-bond donors (Lipinski definition) is 0. The van der Waals surface area contributed by atoms with Crippen LogP contribution < -0.4 is 9.47 Å². The molecule has 30 heavy (non-hydrogen) atoms. The van der Waals surface area contributed by atoms with Crippen molar-refractivity contribution >= 4 is 16.1 Å². The maximum Gasteiger partial charge on any atom is 0.573 e. The average Bonchev–Trinajstić information content (AvgIpc) is 3.22. The highest BCUT2D eigenvalue weighted by Gasteiger charge is 2.53. The molecule has 12 heteroatoms. The van der Waals surface area contributed by atoms with Crippen LogP contribution in [0.5, 0.6) is 11.5 Å². The van der Waals surface area contributed by atoms with Crippen molar-refractivity contribution in [2.24, 2.45) is 0 Å². The molecular formula is C18H18F3O8S-. The van der Waals surface area contributed by atoms with Crippen molar-refractivity contribution in [3.8, 4) is 11.5 Å². The molecule has 3 rings (SSSR count). The Bertz CT molecular complexity index is 930. The van der Waals surface area contributed by atoms with Gasteiger partial charge in [-0.05, 0) is 37.1 Å². The highest BCUT2D eigenvalue weighted by Crippen LogP contribution is 2.47. The molecule has 3 unspecified atom stereocenters. The molecule has 8 nitrogen and oxygen atoms in total. The first-order chi connectivity index (χ1) is 13.9. The van der Waals surface area contributed by atoms with E-state index in [0.717, 1.165) is 24.6 Å². The van der Waals surface area contributed by atoms with Gasteiger partial charge in [-0.25, -0.2) is 13.2 Å². The van der Waals surface area contributed by atoms with E-state index in [9.17, 15) is 30.9 Å². The molecule has 2 bridgehead atoms. The Kier molecular flexibility index (Phi) is 6.03. The number of rotatable bonds is 8. The summed E-state index contributed by atoms with van der Waals surface area (Å²) in [5.74, 6) is -3.03. The van der Waals surface area contributed by atoms with Crippen LogP contribution in [0.1, 0.15) is 29.6 Å². The number of fused-ring (bicyclic) bond motifs is 2. The first-order valence-electron chi connectivity index (χ1n) is 8.89. The predicted octanol–water partition coefficient (Wildman–Crippen LogP) is 2.54. The number of alkyl halides is 3. The van der Waals surface area contributed by atoms with Gasteiger partial charge < -0.3 is 23.5 Å². The van der Waals surface area contributed by atoms with E-state index in [4.69, 9.17) is 9.47 Å². The lowest BCUT2D eigenvalue weighted by Crippen LogP contribution is -2.43. The summed E-state index contributed by atoms with van der Waals surface area (Å²) in [6.45, 7) is 3.01. The van der Waals surface area contributed by atoms with Gasteiger partial charge in [0, 0.05) is 6.42 Å². The van der Waals surface area contributed by atoms with Gasteiger partial charge in [-0.3, -0.25) is 0 Å². The Labute approximate surface area is 170 Å². The second-order valence-electron chi connectivity index (χ2n) is 6.90. The molecule has 2 aliphatic heterocycles. The van der Waals surface area contributed by atoms with Gasteiger partial charge in [0.15, 0.2) is 17.1 Å². The molecule has 0 amide bonds. The average molecular weight is 451 g/mol. The monoisotopic (exact) mass is 451 g/mol. The van der Waals surface area contributed by atoms with Gasteiger partial charge in [-0.1, -0.05) is 6.58 Å². The largest absolute Gasteiger partial charge is 0.748 e. The molecule has 166 valence electrons. The summed E-state index contributed by atoms with van der Waals surface area (Å²) in [5, 5.41) is 0. The van der Waals surface area contributed by atoms with Crippen LogP contribution in [0.3, 0.4) is 0 Å². The van der Waals surface area contributed by atoms with Crippen LogP contribution in [0.25, 0.3) is 0 Å². The second kappa shape index (κ2) is 8.08. The molecule has 2 aliphatic rings. The van der Waals surface area contributed by atoms with E-state index in [1.54, 1.807) is 0 Å². The molecule has 0 aromatic heterocycles. The van der Waals surface area contributed by atoms with Crippen LogP contribution in [-0.4, -0.2) is 55.5 Å². The summed E-state index contributed by atoms with van der Waals surface area (Å²) in [6.07, 6.45) is -2.25. The van der Waals surface area contributed by atoms with E-state index >= 15 is 0 Å². The first-order valence-corrected chi connectivity index (χ1v) is 10.5. The zero-order valence-corrected chi connectivity index (χ0v) is 16.3. The first kappa shape index (κ1) is 22.4. The molecule has 2 fully saturated rings. The quantitative estimate of drug-likeness (QED) is 0.337. The van der Waals surface area contributed by atoms with Crippen molar-refractivity contribution in [1.29, 1.82) is 0 Å². The maximum absolute atomic E-state index is 12.8. The Morgan fingerprint density at radius 1 is 1.33 bits per heavy atom. The summed E-state index contributed by atoms with van der Waals surface area (Å²) >= 11 is 0. The van der Waals surface area contributed by atoms with Gasteiger partial charge in [-0.15, -0.1) is 13.2 Å². The summed E-state index contributed by atoms with van der Waals surface area (Å²) in [5.41, 5.74) is -1.31. The molecule has 0 aliphatic carbocycles. The fraction of sp³-hybridized carbons (Fsp3) is 0.500. The number of hydrogen-bond acceptors (Lipinski definition) is 8. The lowest BCUT2D eigenvalue weighted by atomic mass is 9.84. The van der Waals surface area contributed by atoms with Gasteiger partial charge in [0.25, 0.3) is 0 Å². The number of benzene rings is 1. The van der Waals surface area contributed by atoms with Crippen molar-refractivity contribution < 1.29 is 49.9 Å². The number of carbonyl (C=O) groups is 1. The van der Waals surface area contributed by atoms with E-state index in [1.165, 1.54) is 6.08 Å². The summed E-state index contributed by atoms with van der Waals surface area (Å²) < 4.78 is 90.4. The molecule has 0 saturated carbocycles. The topological polar surface area (TPSA) is 111 Å². The van der Waals surface area contributed by atoms with Crippen molar-refractivity contribution in [1.82, 2.24) is 0 Å². The molecule has 0 radical (unpaired) electrons. The fourth-order valence-electron chi connectivity index (χ4n) is 3.51. The third-order valence-corrected chi connectivity index (χ3v) is 5.48. The van der Waals surface area contributed by atoms with Crippen LogP contribution in [0.4, 0.5) is 13.2 Å². The van der Waals surface area contributed by atoms with Crippen LogP contribution in [0.15, 0.2) is 30.9 Å². The highest BCUT2D eigenvalue weighted by molar-refractivity contribution is 7.85. The molecule has 0 spiro atoms. The van der Waals surface area contributed by atoms with Crippen molar-refractivity contribution in [3.05, 3.63) is 36.4 Å². The van der Waals surface area contributed by atoms with E-state index in [1.807, 2.05) is 0 Å². The summed E-state index contributed by atoms with van der Waals surface area (Å²) in [7, 11) is -4.59. The molecule has 2 saturated heterocycles. The number of carbonyl (C=O) groups excluding carboxylic acids is 1. The number of halogens is 3. The number of ether oxygens (including phenoxy) is 4. The van der Waals surface area contributed by atoms with Gasteiger partial charge in [0.1, 0.15) is 12.7 Å². The highest BCUT2D eigenvalue weighted by atomic mass is 32.2. The molecule has 1 aromatic rings. The molecule has 0 N–H and O–H groups in total. The Morgan fingerprint density at radius 2 is 2.07 bits per heavy atom. The van der Waals surface area contributed by atoms with Gasteiger partial charge in [0.05, 0.1) is 27.5 Å². The van der Waals surface area contributed by atoms with Crippen LogP contribution in [-0.2, 0) is 19.6 Å². The summed E-state index contributed by atoms with van der Waals surface area (Å²) in [4.78, 5) is 12.1. The van der Waals surface area contributed by atoms with E-state index in [2.05, 4.69) is 16.1 Å². The normalized spacial score (nSPS) is 25.7. The van der Waals surface area contributed by atoms with E-state index in [0.29, 0.717) is 12.8 Å². The fourth-order valence-corrected chi connectivity index (χ4v) is 3.80. The summed E-state index contributed by atoms with van der Waals surface area (Å²) in [6, 6.07) is 2.88. The minimum atomic E-state index is -5.00. The molecular weight excluding hydrogens is 433 g/mol. The molecule has 3 atom stereocenters. The van der Waals surface area contributed by atoms with Crippen molar-refractivity contribution in [2.75, 3.05) is 12.4 Å². The maximum atomic E-state index is 12.8. The smallest absolute Gasteiger partial charge is 0.573 e.